The van der Waals surface area contributed by atoms with Crippen LogP contribution >= 0.6 is 0 Å². The molecule has 182 valence electrons. The third-order valence-electron chi connectivity index (χ3n) is 4.61. The minimum Gasteiger partial charge on any atom is -0.493 e. The summed E-state index contributed by atoms with van der Waals surface area (Å²) in [5, 5.41) is 2.39. The van der Waals surface area contributed by atoms with Crippen LogP contribution in [0.5, 0.6) is 11.5 Å². The third-order valence-corrected chi connectivity index (χ3v) is 4.61. The number of nitrogens with one attached hydrogen (secondary N) is 1. The van der Waals surface area contributed by atoms with E-state index in [1.807, 2.05) is 11.8 Å². The van der Waals surface area contributed by atoms with Gasteiger partial charge in [-0.25, -0.2) is 9.78 Å². The number of benzene rings is 1. The van der Waals surface area contributed by atoms with Crippen LogP contribution in [0, 0.1) is 24.7 Å². The summed E-state index contributed by atoms with van der Waals surface area (Å²) in [6.45, 7) is 0.0392. The van der Waals surface area contributed by atoms with Crippen molar-refractivity contribution in [1.82, 2.24) is 9.88 Å². The van der Waals surface area contributed by atoms with Gasteiger partial charge >= 0.3 is 11.9 Å². The van der Waals surface area contributed by atoms with Gasteiger partial charge in [0.25, 0.3) is 5.91 Å². The highest BCUT2D eigenvalue weighted by Crippen LogP contribution is 2.34. The number of methoxy groups -OCH3 is 2. The SMILES string of the molecule is C#CC(=O)Nc1cc(OC)c(OCCCN(C(=O)C#C)C(=O)CCc2cnco2)cc1C(=O)OC. The lowest BCUT2D eigenvalue weighted by molar-refractivity contribution is -0.141. The molecule has 0 fully saturated rings. The molecule has 1 aromatic carbocycles. The Hall–Kier alpha value is -4.77. The minimum absolute atomic E-state index is 0.000750. The van der Waals surface area contributed by atoms with E-state index >= 15 is 0 Å². The average molecular weight is 481 g/mol. The summed E-state index contributed by atoms with van der Waals surface area (Å²) >= 11 is 0. The van der Waals surface area contributed by atoms with Gasteiger partial charge in [-0.1, -0.05) is 0 Å². The maximum Gasteiger partial charge on any atom is 0.340 e. The van der Waals surface area contributed by atoms with Gasteiger partial charge in [0.15, 0.2) is 17.9 Å². The zero-order chi connectivity index (χ0) is 25.8. The molecular formula is C24H23N3O8. The van der Waals surface area contributed by atoms with Crippen molar-refractivity contribution in [3.05, 3.63) is 36.0 Å². The Balaban J connectivity index is 2.08. The van der Waals surface area contributed by atoms with Crippen LogP contribution in [0.2, 0.25) is 0 Å². The molecule has 0 saturated carbocycles. The van der Waals surface area contributed by atoms with E-state index in [9.17, 15) is 19.2 Å². The molecule has 0 aliphatic rings. The molecule has 2 aromatic rings. The molecule has 3 amide bonds. The number of nitrogens with zero attached hydrogens (tertiary/aromatic N) is 2. The lowest BCUT2D eigenvalue weighted by Gasteiger charge is -2.19. The molecule has 0 radical (unpaired) electrons. The predicted molar refractivity (Wildman–Crippen MR) is 122 cm³/mol. The van der Waals surface area contributed by atoms with Gasteiger partial charge in [-0.2, -0.15) is 0 Å². The van der Waals surface area contributed by atoms with Crippen molar-refractivity contribution in [2.45, 2.75) is 19.3 Å². The maximum absolute atomic E-state index is 12.5. The van der Waals surface area contributed by atoms with Crippen LogP contribution in [0.3, 0.4) is 0 Å². The first-order chi connectivity index (χ1) is 16.8. The summed E-state index contributed by atoms with van der Waals surface area (Å²) in [6, 6.07) is 2.68. The first-order valence-corrected chi connectivity index (χ1v) is 10.2. The number of aromatic nitrogens is 1. The van der Waals surface area contributed by atoms with E-state index in [0.29, 0.717) is 5.76 Å². The van der Waals surface area contributed by atoms with Crippen LogP contribution in [0.4, 0.5) is 5.69 Å². The lowest BCUT2D eigenvalue weighted by atomic mass is 10.1. The van der Waals surface area contributed by atoms with Crippen LogP contribution in [-0.4, -0.2) is 60.9 Å². The number of anilines is 1. The highest BCUT2D eigenvalue weighted by atomic mass is 16.5. The van der Waals surface area contributed by atoms with Crippen molar-refractivity contribution < 1.29 is 37.8 Å². The number of hydrogen-bond acceptors (Lipinski definition) is 9. The molecule has 11 nitrogen and oxygen atoms in total. The number of hydrogen-bond donors (Lipinski definition) is 1. The number of terminal acetylenes is 2. The number of aryl methyl sites for hydroxylation is 1. The zero-order valence-corrected chi connectivity index (χ0v) is 19.2. The zero-order valence-electron chi connectivity index (χ0n) is 19.2. The van der Waals surface area contributed by atoms with Crippen LogP contribution in [0.15, 0.2) is 29.1 Å². The molecule has 0 aliphatic carbocycles. The highest BCUT2D eigenvalue weighted by Gasteiger charge is 2.21. The lowest BCUT2D eigenvalue weighted by Crippen LogP contribution is -2.37. The Labute approximate surface area is 201 Å². The van der Waals surface area contributed by atoms with Gasteiger partial charge in [0, 0.05) is 31.5 Å². The van der Waals surface area contributed by atoms with Crippen molar-refractivity contribution in [1.29, 1.82) is 0 Å². The summed E-state index contributed by atoms with van der Waals surface area (Å²) in [5.74, 6) is 1.94. The number of carbonyl (C=O) groups is 4. The fourth-order valence-corrected chi connectivity index (χ4v) is 2.93. The van der Waals surface area contributed by atoms with Crippen LogP contribution < -0.4 is 14.8 Å². The molecule has 2 rings (SSSR count). The first kappa shape index (κ1) is 26.5. The van der Waals surface area contributed by atoms with Gasteiger partial charge in [-0.3, -0.25) is 19.3 Å². The molecule has 1 N–H and O–H groups in total. The van der Waals surface area contributed by atoms with E-state index < -0.39 is 23.7 Å². The Morgan fingerprint density at radius 2 is 1.91 bits per heavy atom. The largest absolute Gasteiger partial charge is 0.493 e. The minimum atomic E-state index is -0.772. The van der Waals surface area contributed by atoms with Gasteiger partial charge in [-0.05, 0) is 18.3 Å². The summed E-state index contributed by atoms with van der Waals surface area (Å²) in [6.07, 6.45) is 13.5. The number of imide groups is 1. The van der Waals surface area contributed by atoms with Gasteiger partial charge in [0.2, 0.25) is 5.91 Å². The molecular weight excluding hydrogens is 458 g/mol. The maximum atomic E-state index is 12.5. The number of amides is 3. The topological polar surface area (TPSA) is 137 Å². The van der Waals surface area contributed by atoms with Crippen LogP contribution in [0.25, 0.3) is 0 Å². The monoisotopic (exact) mass is 481 g/mol. The molecule has 0 unspecified atom stereocenters. The number of oxazole rings is 1. The van der Waals surface area contributed by atoms with Crippen LogP contribution in [-0.2, 0) is 25.5 Å². The summed E-state index contributed by atoms with van der Waals surface area (Å²) in [7, 11) is 2.55. The van der Waals surface area contributed by atoms with E-state index in [-0.39, 0.29) is 55.2 Å². The smallest absolute Gasteiger partial charge is 0.340 e. The van der Waals surface area contributed by atoms with E-state index in [2.05, 4.69) is 10.3 Å². The second kappa shape index (κ2) is 13.1. The van der Waals surface area contributed by atoms with Crippen molar-refractivity contribution in [2.24, 2.45) is 0 Å². The van der Waals surface area contributed by atoms with E-state index in [4.69, 9.17) is 31.5 Å². The number of ether oxygens (including phenoxy) is 3. The second-order valence-corrected chi connectivity index (χ2v) is 6.80. The standard InChI is InChI=1S/C24H23N3O8/c1-5-21(28)26-18-13-19(32-3)20(12-17(18)24(31)33-4)34-11-7-10-27(22(29)6-2)23(30)9-8-16-14-25-15-35-16/h1-2,12-15H,7-11H2,3-4H3,(H,26,28). The van der Waals surface area contributed by atoms with Gasteiger partial charge < -0.3 is 23.9 Å². The Bertz CT molecular complexity index is 1160. The van der Waals surface area contributed by atoms with E-state index in [0.717, 1.165) is 4.90 Å². The summed E-state index contributed by atoms with van der Waals surface area (Å²) in [4.78, 5) is 53.0. The third kappa shape index (κ3) is 7.37. The van der Waals surface area contributed by atoms with Crippen molar-refractivity contribution in [3.63, 3.8) is 0 Å². The van der Waals surface area contributed by atoms with Gasteiger partial charge in [-0.15, -0.1) is 12.8 Å². The van der Waals surface area contributed by atoms with Crippen molar-refractivity contribution >= 4 is 29.4 Å². The Kier molecular flexibility index (Phi) is 9.88. The highest BCUT2D eigenvalue weighted by molar-refractivity contribution is 6.08. The van der Waals surface area contributed by atoms with Crippen LogP contribution in [0.1, 0.15) is 29.0 Å². The predicted octanol–water partition coefficient (Wildman–Crippen LogP) is 1.43. The molecule has 0 saturated heterocycles. The molecule has 35 heavy (non-hydrogen) atoms. The molecule has 11 heteroatoms. The Morgan fingerprint density at radius 3 is 2.51 bits per heavy atom. The fourth-order valence-electron chi connectivity index (χ4n) is 2.93. The first-order valence-electron chi connectivity index (χ1n) is 10.2. The number of carbonyl (C=O) groups excluding carboxylic acids is 4. The quantitative estimate of drug-likeness (QED) is 0.287. The van der Waals surface area contributed by atoms with Gasteiger partial charge in [0.1, 0.15) is 5.76 Å². The van der Waals surface area contributed by atoms with Crippen molar-refractivity contribution in [2.75, 3.05) is 32.7 Å². The van der Waals surface area contributed by atoms with Gasteiger partial charge in [0.05, 0.1) is 38.3 Å². The normalized spacial score (nSPS) is 9.83. The second-order valence-electron chi connectivity index (χ2n) is 6.80. The van der Waals surface area contributed by atoms with Crippen molar-refractivity contribution in [3.8, 4) is 36.2 Å². The molecule has 0 aliphatic heterocycles. The molecule has 0 spiro atoms. The fraction of sp³-hybridized carbons (Fsp3) is 0.292. The van der Waals surface area contributed by atoms with E-state index in [1.165, 1.54) is 38.9 Å². The number of rotatable bonds is 11. The summed E-state index contributed by atoms with van der Waals surface area (Å²) in [5.41, 5.74) is 0.0609. The molecule has 1 heterocycles. The molecule has 0 atom stereocenters. The molecule has 0 bridgehead atoms. The summed E-state index contributed by atoms with van der Waals surface area (Å²) < 4.78 is 20.8. The Morgan fingerprint density at radius 1 is 1.14 bits per heavy atom. The number of esters is 1. The molecule has 1 aromatic heterocycles. The average Bonchev–Trinajstić information content (AvgIpc) is 3.40. The van der Waals surface area contributed by atoms with E-state index in [1.54, 1.807) is 0 Å².